The van der Waals surface area contributed by atoms with Crippen LogP contribution in [-0.4, -0.2) is 45.8 Å². The van der Waals surface area contributed by atoms with Crippen LogP contribution in [0.25, 0.3) is 0 Å². The van der Waals surface area contributed by atoms with E-state index in [1.54, 1.807) is 12.1 Å². The molecule has 10 heteroatoms. The van der Waals surface area contributed by atoms with Crippen molar-refractivity contribution in [2.75, 3.05) is 42.2 Å². The van der Waals surface area contributed by atoms with Crippen LogP contribution in [0.5, 0.6) is 0 Å². The molecule has 0 radical (unpaired) electrons. The lowest BCUT2D eigenvalue weighted by Gasteiger charge is -2.38. The Kier molecular flexibility index (Phi) is 5.20. The summed E-state index contributed by atoms with van der Waals surface area (Å²) in [6, 6.07) is 9.94. The molecular formula is C18H17FN4O4S. The second kappa shape index (κ2) is 7.44. The molecule has 0 saturated carbocycles. The van der Waals surface area contributed by atoms with Crippen LogP contribution in [0.15, 0.2) is 41.3 Å². The molecule has 1 aliphatic rings. The van der Waals surface area contributed by atoms with E-state index in [1.807, 2.05) is 15.9 Å². The van der Waals surface area contributed by atoms with Crippen molar-refractivity contribution in [3.05, 3.63) is 57.9 Å². The van der Waals surface area contributed by atoms with Gasteiger partial charge in [0.15, 0.2) is 9.84 Å². The highest BCUT2D eigenvalue weighted by Crippen LogP contribution is 2.31. The highest BCUT2D eigenvalue weighted by Gasteiger charge is 2.26. The van der Waals surface area contributed by atoms with Gasteiger partial charge in [0, 0.05) is 44.6 Å². The molecule has 0 amide bonds. The Morgan fingerprint density at radius 2 is 1.64 bits per heavy atom. The fourth-order valence-corrected chi connectivity index (χ4v) is 4.11. The van der Waals surface area contributed by atoms with Gasteiger partial charge in [0.05, 0.1) is 32.8 Å². The van der Waals surface area contributed by atoms with E-state index in [9.17, 15) is 22.9 Å². The maximum atomic E-state index is 14.2. The SMILES string of the molecule is CS(=O)(=O)c1cc([N+](=O)[O-])ccc1N1CCN(c2ccc(C#N)cc2F)CC1. The Balaban J connectivity index is 1.84. The molecule has 28 heavy (non-hydrogen) atoms. The first-order valence-corrected chi connectivity index (χ1v) is 10.3. The third-order valence-corrected chi connectivity index (χ3v) is 5.72. The number of halogens is 1. The molecule has 1 aliphatic heterocycles. The summed E-state index contributed by atoms with van der Waals surface area (Å²) in [5.74, 6) is -0.486. The van der Waals surface area contributed by atoms with E-state index in [2.05, 4.69) is 0 Å². The summed E-state index contributed by atoms with van der Waals surface area (Å²) in [4.78, 5) is 13.9. The third kappa shape index (κ3) is 3.89. The molecule has 0 bridgehead atoms. The minimum absolute atomic E-state index is 0.0975. The van der Waals surface area contributed by atoms with Crippen LogP contribution in [0, 0.1) is 27.3 Å². The number of nitro benzene ring substituents is 1. The first-order chi connectivity index (χ1) is 13.2. The molecule has 0 unspecified atom stereocenters. The molecule has 0 atom stereocenters. The molecule has 0 N–H and O–H groups in total. The maximum absolute atomic E-state index is 14.2. The molecule has 1 heterocycles. The number of piperazine rings is 1. The fraction of sp³-hybridized carbons (Fsp3) is 0.278. The number of benzene rings is 2. The summed E-state index contributed by atoms with van der Waals surface area (Å²) in [7, 11) is -3.67. The topological polar surface area (TPSA) is 108 Å². The van der Waals surface area contributed by atoms with E-state index in [0.29, 0.717) is 37.6 Å². The van der Waals surface area contributed by atoms with Gasteiger partial charge in [0.1, 0.15) is 5.82 Å². The average molecular weight is 404 g/mol. The van der Waals surface area contributed by atoms with Gasteiger partial charge in [-0.1, -0.05) is 0 Å². The Morgan fingerprint density at radius 1 is 1.07 bits per heavy atom. The van der Waals surface area contributed by atoms with Crippen molar-refractivity contribution in [3.63, 3.8) is 0 Å². The molecule has 8 nitrogen and oxygen atoms in total. The van der Waals surface area contributed by atoms with Gasteiger partial charge in [0.25, 0.3) is 5.69 Å². The quantitative estimate of drug-likeness (QED) is 0.568. The third-order valence-electron chi connectivity index (χ3n) is 4.59. The van der Waals surface area contributed by atoms with Gasteiger partial charge >= 0.3 is 0 Å². The Bertz CT molecular complexity index is 1070. The lowest BCUT2D eigenvalue weighted by Crippen LogP contribution is -2.47. The lowest BCUT2D eigenvalue weighted by atomic mass is 10.1. The number of nitrogens with zero attached hydrogens (tertiary/aromatic N) is 4. The highest BCUT2D eigenvalue weighted by molar-refractivity contribution is 7.90. The van der Waals surface area contributed by atoms with Gasteiger partial charge in [-0.2, -0.15) is 5.26 Å². The number of hydrogen-bond donors (Lipinski definition) is 0. The lowest BCUT2D eigenvalue weighted by molar-refractivity contribution is -0.385. The standard InChI is InChI=1S/C18H17FN4O4S/c1-28(26,27)18-11-14(23(24)25)3-5-17(18)22-8-6-21(7-9-22)16-4-2-13(12-20)10-15(16)19/h2-5,10-11H,6-9H2,1H3. The van der Waals surface area contributed by atoms with E-state index in [4.69, 9.17) is 5.26 Å². The zero-order valence-electron chi connectivity index (χ0n) is 15.0. The van der Waals surface area contributed by atoms with Crippen LogP contribution in [-0.2, 0) is 9.84 Å². The second-order valence-corrected chi connectivity index (χ2v) is 8.42. The predicted octanol–water partition coefficient (Wildman–Crippen LogP) is 2.34. The summed E-state index contributed by atoms with van der Waals surface area (Å²) < 4.78 is 38.5. The van der Waals surface area contributed by atoms with Gasteiger partial charge < -0.3 is 9.80 Å². The first kappa shape index (κ1) is 19.6. The van der Waals surface area contributed by atoms with Crippen LogP contribution >= 0.6 is 0 Å². The van der Waals surface area contributed by atoms with Crippen molar-refractivity contribution in [2.24, 2.45) is 0 Å². The zero-order chi connectivity index (χ0) is 20.5. The number of rotatable bonds is 4. The summed E-state index contributed by atoms with van der Waals surface area (Å²) in [5, 5.41) is 19.8. The minimum Gasteiger partial charge on any atom is -0.367 e. The van der Waals surface area contributed by atoms with Crippen LogP contribution in [0.3, 0.4) is 0 Å². The molecule has 3 rings (SSSR count). The smallest absolute Gasteiger partial charge is 0.270 e. The molecular weight excluding hydrogens is 387 g/mol. The van der Waals surface area contributed by atoms with Crippen molar-refractivity contribution in [2.45, 2.75) is 4.90 Å². The maximum Gasteiger partial charge on any atom is 0.270 e. The van der Waals surface area contributed by atoms with E-state index < -0.39 is 20.6 Å². The van der Waals surface area contributed by atoms with Crippen molar-refractivity contribution >= 4 is 26.9 Å². The van der Waals surface area contributed by atoms with Crippen LogP contribution in [0.2, 0.25) is 0 Å². The molecule has 1 fully saturated rings. The molecule has 0 aliphatic carbocycles. The van der Waals surface area contributed by atoms with Crippen LogP contribution in [0.1, 0.15) is 5.56 Å². The average Bonchev–Trinajstić information content (AvgIpc) is 2.67. The monoisotopic (exact) mass is 404 g/mol. The molecule has 2 aromatic rings. The van der Waals surface area contributed by atoms with Crippen molar-refractivity contribution < 1.29 is 17.7 Å². The number of non-ortho nitro benzene ring substituents is 1. The molecule has 2 aromatic carbocycles. The summed E-state index contributed by atoms with van der Waals surface area (Å²) in [5.41, 5.74) is 0.727. The Hall–Kier alpha value is -3.19. The van der Waals surface area contributed by atoms with Crippen LogP contribution in [0.4, 0.5) is 21.5 Å². The molecule has 0 aromatic heterocycles. The van der Waals surface area contributed by atoms with E-state index in [-0.39, 0.29) is 16.1 Å². The Morgan fingerprint density at radius 3 is 2.14 bits per heavy atom. The summed E-state index contributed by atoms with van der Waals surface area (Å²) >= 11 is 0. The minimum atomic E-state index is -3.67. The fourth-order valence-electron chi connectivity index (χ4n) is 3.20. The van der Waals surface area contributed by atoms with Crippen LogP contribution < -0.4 is 9.80 Å². The van der Waals surface area contributed by atoms with Gasteiger partial charge in [-0.25, -0.2) is 12.8 Å². The summed E-state index contributed by atoms with van der Waals surface area (Å²) in [6.07, 6.45) is 1.01. The number of nitro groups is 1. The largest absolute Gasteiger partial charge is 0.367 e. The zero-order valence-corrected chi connectivity index (χ0v) is 15.8. The van der Waals surface area contributed by atoms with Crippen molar-refractivity contribution in [1.29, 1.82) is 5.26 Å². The van der Waals surface area contributed by atoms with Crippen molar-refractivity contribution in [3.8, 4) is 6.07 Å². The first-order valence-electron chi connectivity index (χ1n) is 8.39. The summed E-state index contributed by atoms with van der Waals surface area (Å²) in [6.45, 7) is 1.70. The van der Waals surface area contributed by atoms with E-state index in [1.165, 1.54) is 18.2 Å². The number of hydrogen-bond acceptors (Lipinski definition) is 7. The molecule has 146 valence electrons. The highest BCUT2D eigenvalue weighted by atomic mass is 32.2. The Labute approximate surface area is 161 Å². The van der Waals surface area contributed by atoms with Gasteiger partial charge in [-0.3, -0.25) is 10.1 Å². The molecule has 0 spiro atoms. The van der Waals surface area contributed by atoms with E-state index in [0.717, 1.165) is 12.3 Å². The number of anilines is 2. The van der Waals surface area contributed by atoms with E-state index >= 15 is 0 Å². The second-order valence-electron chi connectivity index (χ2n) is 6.43. The molecule has 1 saturated heterocycles. The van der Waals surface area contributed by atoms with Gasteiger partial charge in [-0.05, 0) is 24.3 Å². The van der Waals surface area contributed by atoms with Gasteiger partial charge in [0.2, 0.25) is 0 Å². The number of sulfone groups is 1. The number of nitriles is 1. The normalized spacial score (nSPS) is 14.6. The predicted molar refractivity (Wildman–Crippen MR) is 102 cm³/mol. The van der Waals surface area contributed by atoms with Gasteiger partial charge in [-0.15, -0.1) is 0 Å². The van der Waals surface area contributed by atoms with Crippen molar-refractivity contribution in [1.82, 2.24) is 0 Å².